The van der Waals surface area contributed by atoms with E-state index >= 15 is 0 Å². The van der Waals surface area contributed by atoms with E-state index in [-0.39, 0.29) is 4.90 Å². The van der Waals surface area contributed by atoms with E-state index in [1.165, 1.54) is 24.3 Å². The van der Waals surface area contributed by atoms with Gasteiger partial charge in [0.2, 0.25) is 0 Å². The molecule has 0 saturated carbocycles. The summed E-state index contributed by atoms with van der Waals surface area (Å²) in [4.78, 5) is 9.65. The Morgan fingerprint density at radius 2 is 1.79 bits per heavy atom. The lowest BCUT2D eigenvalue weighted by Crippen LogP contribution is -1.95. The molecule has 0 bridgehead atoms. The van der Waals surface area contributed by atoms with Crippen LogP contribution in [0.3, 0.4) is 0 Å². The molecule has 1 aromatic carbocycles. The van der Waals surface area contributed by atoms with Crippen LogP contribution in [0.1, 0.15) is 5.56 Å². The predicted octanol–water partition coefficient (Wildman–Crippen LogP) is 0.583. The fraction of sp³-hybridized carbons (Fsp3) is 0. The van der Waals surface area contributed by atoms with Crippen molar-refractivity contribution >= 4 is 16.1 Å². The second-order valence-corrected chi connectivity index (χ2v) is 3.90. The van der Waals surface area contributed by atoms with Gasteiger partial charge in [-0.3, -0.25) is 0 Å². The zero-order valence-electron chi connectivity index (χ0n) is 6.84. The summed E-state index contributed by atoms with van der Waals surface area (Å²) in [5.74, 6) is 0. The van der Waals surface area contributed by atoms with Gasteiger partial charge in [-0.05, 0) is 24.3 Å². The number of nitriles is 1. The van der Waals surface area contributed by atoms with Gasteiger partial charge in [-0.1, -0.05) is 4.40 Å². The number of rotatable bonds is 2. The first-order valence-electron chi connectivity index (χ1n) is 3.44. The lowest BCUT2D eigenvalue weighted by Gasteiger charge is -1.95. The minimum Gasteiger partial charge on any atom is -0.210 e. The summed E-state index contributed by atoms with van der Waals surface area (Å²) in [6.07, 6.45) is 0.957. The fourth-order valence-corrected chi connectivity index (χ4v) is 1.49. The summed E-state index contributed by atoms with van der Waals surface area (Å²) < 4.78 is 24.9. The highest BCUT2D eigenvalue weighted by Gasteiger charge is 2.11. The van der Waals surface area contributed by atoms with E-state index in [2.05, 4.69) is 4.40 Å². The van der Waals surface area contributed by atoms with Crippen LogP contribution in [0.15, 0.2) is 33.6 Å². The Balaban J connectivity index is 3.24. The van der Waals surface area contributed by atoms with Crippen molar-refractivity contribution in [3.05, 3.63) is 29.8 Å². The molecule has 6 heteroatoms. The molecule has 0 amide bonds. The van der Waals surface area contributed by atoms with Gasteiger partial charge in [0.1, 0.15) is 0 Å². The van der Waals surface area contributed by atoms with Crippen molar-refractivity contribution in [1.82, 2.24) is 0 Å². The monoisotopic (exact) mass is 208 g/mol. The molecular weight excluding hydrogens is 204 g/mol. The van der Waals surface area contributed by atoms with Crippen LogP contribution in [-0.4, -0.2) is 14.5 Å². The Bertz CT molecular complexity index is 519. The minimum absolute atomic E-state index is 0.139. The zero-order valence-corrected chi connectivity index (χ0v) is 7.65. The molecule has 0 saturated heterocycles. The zero-order chi connectivity index (χ0) is 10.6. The van der Waals surface area contributed by atoms with E-state index < -0.39 is 10.0 Å². The maximum absolute atomic E-state index is 11.1. The average Bonchev–Trinajstić information content (AvgIpc) is 2.18. The molecule has 0 N–H and O–H groups in total. The molecule has 1 aromatic rings. The summed E-state index contributed by atoms with van der Waals surface area (Å²) in [6.45, 7) is 0. The molecule has 0 spiro atoms. The van der Waals surface area contributed by atoms with Gasteiger partial charge in [-0.15, -0.1) is 0 Å². The number of isocyanates is 1. The van der Waals surface area contributed by atoms with Gasteiger partial charge in [0.05, 0.1) is 16.5 Å². The Hall–Kier alpha value is -1.96. The molecule has 70 valence electrons. The van der Waals surface area contributed by atoms with Crippen molar-refractivity contribution in [2.75, 3.05) is 0 Å². The van der Waals surface area contributed by atoms with Crippen molar-refractivity contribution in [2.45, 2.75) is 4.90 Å². The average molecular weight is 208 g/mol. The summed E-state index contributed by atoms with van der Waals surface area (Å²) in [5, 5.41) is 8.45. The molecule has 1 rings (SSSR count). The first-order chi connectivity index (χ1) is 6.60. The van der Waals surface area contributed by atoms with Crippen LogP contribution in [0.5, 0.6) is 0 Å². The van der Waals surface area contributed by atoms with Crippen LogP contribution in [0.4, 0.5) is 0 Å². The highest BCUT2D eigenvalue weighted by Crippen LogP contribution is 2.12. The topological polar surface area (TPSA) is 87.4 Å². The molecule has 5 nitrogen and oxygen atoms in total. The van der Waals surface area contributed by atoms with Gasteiger partial charge in [0.25, 0.3) is 16.1 Å². The van der Waals surface area contributed by atoms with Gasteiger partial charge in [0.15, 0.2) is 0 Å². The maximum Gasteiger partial charge on any atom is 0.292 e. The maximum atomic E-state index is 11.1. The normalized spacial score (nSPS) is 9.93. The molecule has 0 aromatic heterocycles. The van der Waals surface area contributed by atoms with Crippen molar-refractivity contribution in [1.29, 1.82) is 5.26 Å². The third-order valence-electron chi connectivity index (χ3n) is 1.44. The molecule has 0 unspecified atom stereocenters. The fourth-order valence-electron chi connectivity index (χ4n) is 0.803. The molecule has 14 heavy (non-hydrogen) atoms. The van der Waals surface area contributed by atoms with E-state index in [1.54, 1.807) is 0 Å². The highest BCUT2D eigenvalue weighted by molar-refractivity contribution is 7.90. The largest absolute Gasteiger partial charge is 0.292 e. The van der Waals surface area contributed by atoms with E-state index in [1.807, 2.05) is 6.07 Å². The molecule has 0 aliphatic rings. The van der Waals surface area contributed by atoms with Crippen LogP contribution >= 0.6 is 0 Å². The second kappa shape index (κ2) is 3.83. The highest BCUT2D eigenvalue weighted by atomic mass is 32.2. The van der Waals surface area contributed by atoms with Crippen molar-refractivity contribution in [2.24, 2.45) is 4.40 Å². The number of hydrogen-bond acceptors (Lipinski definition) is 4. The Morgan fingerprint density at radius 1 is 1.21 bits per heavy atom. The van der Waals surface area contributed by atoms with Gasteiger partial charge >= 0.3 is 0 Å². The third-order valence-corrected chi connectivity index (χ3v) is 2.62. The Kier molecular flexibility index (Phi) is 2.77. The smallest absolute Gasteiger partial charge is 0.210 e. The van der Waals surface area contributed by atoms with Crippen LogP contribution in [0.2, 0.25) is 0 Å². The summed E-state index contributed by atoms with van der Waals surface area (Å²) >= 11 is 0. The third kappa shape index (κ3) is 2.04. The van der Waals surface area contributed by atoms with E-state index in [0.29, 0.717) is 5.56 Å². The van der Waals surface area contributed by atoms with E-state index in [9.17, 15) is 13.2 Å². The van der Waals surface area contributed by atoms with Gasteiger partial charge in [-0.25, -0.2) is 4.79 Å². The van der Waals surface area contributed by atoms with Crippen molar-refractivity contribution in [3.63, 3.8) is 0 Å². The van der Waals surface area contributed by atoms with Crippen molar-refractivity contribution in [3.8, 4) is 6.07 Å². The molecule has 0 aliphatic carbocycles. The van der Waals surface area contributed by atoms with E-state index in [0.717, 1.165) is 6.08 Å². The lowest BCUT2D eigenvalue weighted by atomic mass is 10.2. The molecule has 0 heterocycles. The number of nitrogens with zero attached hydrogens (tertiary/aromatic N) is 2. The summed E-state index contributed by atoms with van der Waals surface area (Å²) in [5.41, 5.74) is 0.332. The molecule has 0 fully saturated rings. The SMILES string of the molecule is N#Cc1ccc(S(=O)(=O)N=C=O)cc1. The first kappa shape index (κ1) is 10.1. The van der Waals surface area contributed by atoms with Gasteiger partial charge in [0, 0.05) is 0 Å². The van der Waals surface area contributed by atoms with E-state index in [4.69, 9.17) is 5.26 Å². The quantitative estimate of drug-likeness (QED) is 0.525. The van der Waals surface area contributed by atoms with Crippen LogP contribution in [0.25, 0.3) is 0 Å². The van der Waals surface area contributed by atoms with Gasteiger partial charge < -0.3 is 0 Å². The molecule has 0 radical (unpaired) electrons. The number of benzene rings is 1. The van der Waals surface area contributed by atoms with Crippen LogP contribution in [0, 0.1) is 11.3 Å². The lowest BCUT2D eigenvalue weighted by molar-refractivity contribution is 0.563. The molecular formula is C8H4N2O3S. The predicted molar refractivity (Wildman–Crippen MR) is 46.5 cm³/mol. The molecule has 0 aliphatic heterocycles. The first-order valence-corrected chi connectivity index (χ1v) is 4.88. The summed E-state index contributed by atoms with van der Waals surface area (Å²) in [6, 6.07) is 6.89. The second-order valence-electron chi connectivity index (χ2n) is 2.29. The number of carbonyl (C=O) groups excluding carboxylic acids is 1. The number of sulfonamides is 1. The van der Waals surface area contributed by atoms with Crippen LogP contribution in [-0.2, 0) is 14.8 Å². The molecule has 0 atom stereocenters. The van der Waals surface area contributed by atoms with Gasteiger partial charge in [-0.2, -0.15) is 13.7 Å². The standard InChI is InChI=1S/C8H4N2O3S/c9-5-7-1-3-8(4-2-7)14(12,13)10-6-11/h1-4H. The Morgan fingerprint density at radius 3 is 2.21 bits per heavy atom. The Labute approximate surface area is 80.4 Å². The van der Waals surface area contributed by atoms with Crippen LogP contribution < -0.4 is 0 Å². The van der Waals surface area contributed by atoms with Crippen molar-refractivity contribution < 1.29 is 13.2 Å². The minimum atomic E-state index is -3.94. The summed E-state index contributed by atoms with van der Waals surface area (Å²) in [7, 11) is -3.94. The number of hydrogen-bond donors (Lipinski definition) is 0.